The Morgan fingerprint density at radius 2 is 1.87 bits per heavy atom. The number of hydrogen-bond acceptors (Lipinski definition) is 5. The lowest BCUT2D eigenvalue weighted by molar-refractivity contribution is 0.0932. The van der Waals surface area contributed by atoms with Gasteiger partial charge in [0.2, 0.25) is 0 Å². The molecule has 0 aliphatic heterocycles. The topological polar surface area (TPSA) is 73.0 Å². The van der Waals surface area contributed by atoms with Crippen molar-refractivity contribution in [2.24, 2.45) is 7.05 Å². The Labute approximate surface area is 176 Å². The first-order valence-electron chi connectivity index (χ1n) is 9.48. The molecule has 0 radical (unpaired) electrons. The molecule has 1 atom stereocenters. The van der Waals surface area contributed by atoms with Crippen molar-refractivity contribution in [3.63, 3.8) is 0 Å². The van der Waals surface area contributed by atoms with Crippen molar-refractivity contribution in [1.29, 1.82) is 0 Å². The summed E-state index contributed by atoms with van der Waals surface area (Å²) in [7, 11) is 1.96. The fraction of sp³-hybridized carbons (Fsp3) is 0.0870. The molecule has 7 heteroatoms. The summed E-state index contributed by atoms with van der Waals surface area (Å²) in [6, 6.07) is 22.8. The van der Waals surface area contributed by atoms with Crippen LogP contribution in [0.2, 0.25) is 0 Å². The van der Waals surface area contributed by atoms with Crippen LogP contribution in [0.5, 0.6) is 0 Å². The van der Waals surface area contributed by atoms with Crippen molar-refractivity contribution in [1.82, 2.24) is 20.0 Å². The molecule has 0 fully saturated rings. The number of aromatic nitrogens is 3. The number of amides is 1. The molecule has 0 saturated heterocycles. The Kier molecular flexibility index (Phi) is 4.65. The second-order valence-corrected chi connectivity index (χ2v) is 7.84. The maximum atomic E-state index is 13.0. The van der Waals surface area contributed by atoms with Gasteiger partial charge in [0, 0.05) is 13.1 Å². The van der Waals surface area contributed by atoms with Crippen molar-refractivity contribution in [2.45, 2.75) is 6.04 Å². The molecule has 1 unspecified atom stereocenters. The normalized spacial score (nSPS) is 12.2. The molecule has 0 saturated carbocycles. The number of thiophene rings is 1. The van der Waals surface area contributed by atoms with Gasteiger partial charge in [-0.05, 0) is 29.1 Å². The Hall–Kier alpha value is -3.71. The number of benzene rings is 2. The molecule has 30 heavy (non-hydrogen) atoms. The monoisotopic (exact) mass is 414 g/mol. The van der Waals surface area contributed by atoms with Crippen LogP contribution < -0.4 is 5.32 Å². The van der Waals surface area contributed by atoms with Crippen molar-refractivity contribution in [3.05, 3.63) is 95.3 Å². The standard InChI is InChI=1S/C23H18N4O2S/c1-27-18-11-6-5-10-16(18)24-22(27)21(15-8-3-2-4-9-15)25-23(28)17-14-19(29-26-17)20-12-7-13-30-20/h2-14,21H,1H3,(H,25,28). The highest BCUT2D eigenvalue weighted by molar-refractivity contribution is 7.13. The van der Waals surface area contributed by atoms with Gasteiger partial charge in [-0.15, -0.1) is 11.3 Å². The van der Waals surface area contributed by atoms with Gasteiger partial charge in [0.15, 0.2) is 11.5 Å². The highest BCUT2D eigenvalue weighted by atomic mass is 32.1. The highest BCUT2D eigenvalue weighted by Crippen LogP contribution is 2.27. The fourth-order valence-corrected chi connectivity index (χ4v) is 4.16. The average Bonchev–Trinajstić information content (AvgIpc) is 3.53. The van der Waals surface area contributed by atoms with E-state index in [0.29, 0.717) is 5.76 Å². The number of hydrogen-bond donors (Lipinski definition) is 1. The van der Waals surface area contributed by atoms with E-state index in [4.69, 9.17) is 9.51 Å². The third-order valence-electron chi connectivity index (χ3n) is 5.00. The van der Waals surface area contributed by atoms with Crippen LogP contribution in [-0.4, -0.2) is 20.6 Å². The quantitative estimate of drug-likeness (QED) is 0.448. The van der Waals surface area contributed by atoms with E-state index in [1.165, 1.54) is 11.3 Å². The van der Waals surface area contributed by atoms with Crippen molar-refractivity contribution in [2.75, 3.05) is 0 Å². The second kappa shape index (κ2) is 7.61. The maximum absolute atomic E-state index is 13.0. The largest absolute Gasteiger partial charge is 0.355 e. The summed E-state index contributed by atoms with van der Waals surface area (Å²) in [6.07, 6.45) is 0. The molecule has 1 amide bonds. The van der Waals surface area contributed by atoms with Crippen LogP contribution >= 0.6 is 11.3 Å². The van der Waals surface area contributed by atoms with Crippen LogP contribution in [-0.2, 0) is 7.05 Å². The summed E-state index contributed by atoms with van der Waals surface area (Å²) in [4.78, 5) is 18.8. The summed E-state index contributed by atoms with van der Waals surface area (Å²) in [5.74, 6) is 1.01. The molecule has 3 heterocycles. The zero-order valence-corrected chi connectivity index (χ0v) is 17.0. The van der Waals surface area contributed by atoms with Crippen LogP contribution in [0.25, 0.3) is 21.7 Å². The summed E-state index contributed by atoms with van der Waals surface area (Å²) in [5.41, 5.74) is 3.06. The molecule has 0 spiro atoms. The van der Waals surface area contributed by atoms with Gasteiger partial charge in [-0.25, -0.2) is 4.98 Å². The molecular formula is C23H18N4O2S. The Morgan fingerprint density at radius 1 is 1.07 bits per heavy atom. The number of imidazole rings is 1. The highest BCUT2D eigenvalue weighted by Gasteiger charge is 2.25. The number of rotatable bonds is 5. The van der Waals surface area contributed by atoms with Gasteiger partial charge in [-0.1, -0.05) is 53.7 Å². The SMILES string of the molecule is Cn1c(C(NC(=O)c2cc(-c3cccs3)on2)c2ccccc2)nc2ccccc21. The lowest BCUT2D eigenvalue weighted by Crippen LogP contribution is -2.31. The number of carbonyl (C=O) groups is 1. The lowest BCUT2D eigenvalue weighted by atomic mass is 10.1. The molecule has 0 aliphatic carbocycles. The minimum Gasteiger partial charge on any atom is -0.355 e. The van der Waals surface area contributed by atoms with Crippen LogP contribution in [0.1, 0.15) is 27.9 Å². The van der Waals surface area contributed by atoms with Gasteiger partial charge in [0.1, 0.15) is 11.9 Å². The van der Waals surface area contributed by atoms with Gasteiger partial charge in [0.05, 0.1) is 15.9 Å². The van der Waals surface area contributed by atoms with Crippen molar-refractivity contribution in [3.8, 4) is 10.6 Å². The fourth-order valence-electron chi connectivity index (χ4n) is 3.49. The lowest BCUT2D eigenvalue weighted by Gasteiger charge is -2.18. The number of nitrogens with zero attached hydrogens (tertiary/aromatic N) is 3. The van der Waals surface area contributed by atoms with Gasteiger partial charge >= 0.3 is 0 Å². The van der Waals surface area contributed by atoms with E-state index in [9.17, 15) is 4.79 Å². The summed E-state index contributed by atoms with van der Waals surface area (Å²) >= 11 is 1.53. The van der Waals surface area contributed by atoms with Gasteiger partial charge in [-0.2, -0.15) is 0 Å². The number of nitrogens with one attached hydrogen (secondary N) is 1. The number of fused-ring (bicyclic) bond motifs is 1. The van der Waals surface area contributed by atoms with Crippen LogP contribution in [0.15, 0.2) is 82.7 Å². The van der Waals surface area contributed by atoms with Crippen molar-refractivity contribution >= 4 is 28.3 Å². The molecule has 0 aliphatic rings. The Balaban J connectivity index is 1.51. The summed E-state index contributed by atoms with van der Waals surface area (Å²) < 4.78 is 7.38. The minimum absolute atomic E-state index is 0.234. The zero-order valence-electron chi connectivity index (χ0n) is 16.1. The number of carbonyl (C=O) groups excluding carboxylic acids is 1. The predicted molar refractivity (Wildman–Crippen MR) is 116 cm³/mol. The zero-order chi connectivity index (χ0) is 20.5. The smallest absolute Gasteiger partial charge is 0.274 e. The molecule has 1 N–H and O–H groups in total. The van der Waals surface area contributed by atoms with Gasteiger partial charge in [0.25, 0.3) is 5.91 Å². The molecule has 3 aromatic heterocycles. The summed E-state index contributed by atoms with van der Waals surface area (Å²) in [5, 5.41) is 9.01. The van der Waals surface area contributed by atoms with Crippen LogP contribution in [0.3, 0.4) is 0 Å². The maximum Gasteiger partial charge on any atom is 0.274 e. The first-order chi connectivity index (χ1) is 14.7. The van der Waals surface area contributed by atoms with E-state index in [-0.39, 0.29) is 11.6 Å². The predicted octanol–water partition coefficient (Wildman–Crippen LogP) is 4.81. The summed E-state index contributed by atoms with van der Waals surface area (Å²) in [6.45, 7) is 0. The number of aryl methyl sites for hydroxylation is 1. The van der Waals surface area contributed by atoms with E-state index in [1.54, 1.807) is 6.07 Å². The van der Waals surface area contributed by atoms with E-state index < -0.39 is 6.04 Å². The van der Waals surface area contributed by atoms with Crippen LogP contribution in [0.4, 0.5) is 0 Å². The molecule has 0 bridgehead atoms. The van der Waals surface area contributed by atoms with E-state index in [0.717, 1.165) is 27.3 Å². The second-order valence-electron chi connectivity index (χ2n) is 6.89. The third-order valence-corrected chi connectivity index (χ3v) is 5.88. The Morgan fingerprint density at radius 3 is 2.63 bits per heavy atom. The van der Waals surface area contributed by atoms with E-state index in [1.807, 2.05) is 83.7 Å². The molecule has 148 valence electrons. The van der Waals surface area contributed by atoms with E-state index in [2.05, 4.69) is 10.5 Å². The first kappa shape index (κ1) is 18.3. The third kappa shape index (κ3) is 3.29. The number of para-hydroxylation sites is 2. The molecule has 5 aromatic rings. The molecular weight excluding hydrogens is 396 g/mol. The minimum atomic E-state index is -0.432. The molecule has 2 aromatic carbocycles. The first-order valence-corrected chi connectivity index (χ1v) is 10.4. The average molecular weight is 414 g/mol. The van der Waals surface area contributed by atoms with Gasteiger partial charge < -0.3 is 14.4 Å². The van der Waals surface area contributed by atoms with Crippen molar-refractivity contribution < 1.29 is 9.32 Å². The van der Waals surface area contributed by atoms with Crippen LogP contribution in [0, 0.1) is 0 Å². The molecule has 6 nitrogen and oxygen atoms in total. The van der Waals surface area contributed by atoms with E-state index >= 15 is 0 Å². The molecule has 5 rings (SSSR count). The van der Waals surface area contributed by atoms with Gasteiger partial charge in [-0.3, -0.25) is 4.79 Å². The Bertz CT molecular complexity index is 1310.